The number of aromatic hydroxyl groups is 1. The third-order valence-electron chi connectivity index (χ3n) is 1.92. The zero-order chi connectivity index (χ0) is 10.8. The van der Waals surface area contributed by atoms with Crippen LogP contribution in [0.25, 0.3) is 11.4 Å². The number of phenolic OH excluding ortho intramolecular Hbond substituents is 1. The second-order valence-corrected chi connectivity index (χ2v) is 3.89. The van der Waals surface area contributed by atoms with Gasteiger partial charge in [0.05, 0.1) is 12.1 Å². The lowest BCUT2D eigenvalue weighted by Crippen LogP contribution is -1.97. The number of hydrogen-bond donors (Lipinski definition) is 3. The van der Waals surface area contributed by atoms with E-state index < -0.39 is 0 Å². The smallest absolute Gasteiger partial charge is 0.184 e. The Kier molecular flexibility index (Phi) is 2.70. The zero-order valence-electron chi connectivity index (χ0n) is 7.74. The summed E-state index contributed by atoms with van der Waals surface area (Å²) in [7, 11) is 0. The van der Waals surface area contributed by atoms with Gasteiger partial charge in [0.15, 0.2) is 5.82 Å². The van der Waals surface area contributed by atoms with Crippen molar-refractivity contribution in [2.24, 2.45) is 5.73 Å². The minimum Gasteiger partial charge on any atom is -0.507 e. The fourth-order valence-corrected chi connectivity index (χ4v) is 1.56. The Morgan fingerprint density at radius 2 is 2.27 bits per heavy atom. The number of nitrogens with one attached hydrogen (secondary N) is 1. The number of rotatable bonds is 2. The quantitative estimate of drug-likeness (QED) is 0.768. The first-order chi connectivity index (χ1) is 7.20. The summed E-state index contributed by atoms with van der Waals surface area (Å²) in [5.74, 6) is 1.17. The number of H-pyrrole nitrogens is 1. The maximum Gasteiger partial charge on any atom is 0.184 e. The summed E-state index contributed by atoms with van der Waals surface area (Å²) >= 11 is 3.32. The van der Waals surface area contributed by atoms with Crippen molar-refractivity contribution < 1.29 is 5.11 Å². The van der Waals surface area contributed by atoms with E-state index in [2.05, 4.69) is 31.1 Å². The second kappa shape index (κ2) is 4.00. The van der Waals surface area contributed by atoms with Gasteiger partial charge in [0.25, 0.3) is 0 Å². The Labute approximate surface area is 94.5 Å². The van der Waals surface area contributed by atoms with Crippen molar-refractivity contribution in [3.05, 3.63) is 28.5 Å². The first-order valence-electron chi connectivity index (χ1n) is 4.31. The molecule has 0 spiro atoms. The zero-order valence-corrected chi connectivity index (χ0v) is 9.32. The van der Waals surface area contributed by atoms with Crippen LogP contribution in [0.15, 0.2) is 22.7 Å². The lowest BCUT2D eigenvalue weighted by molar-refractivity contribution is 0.477. The summed E-state index contributed by atoms with van der Waals surface area (Å²) in [6.07, 6.45) is 0. The molecule has 2 aromatic rings. The maximum atomic E-state index is 9.62. The summed E-state index contributed by atoms with van der Waals surface area (Å²) in [6.45, 7) is 0.293. The highest BCUT2D eigenvalue weighted by Crippen LogP contribution is 2.29. The Bertz CT molecular complexity index is 483. The molecule has 78 valence electrons. The van der Waals surface area contributed by atoms with Gasteiger partial charge in [0, 0.05) is 4.47 Å². The molecule has 15 heavy (non-hydrogen) atoms. The number of nitrogens with zero attached hydrogens (tertiary/aromatic N) is 2. The number of aromatic amines is 1. The van der Waals surface area contributed by atoms with Crippen molar-refractivity contribution in [3.63, 3.8) is 0 Å². The van der Waals surface area contributed by atoms with Gasteiger partial charge < -0.3 is 10.8 Å². The second-order valence-electron chi connectivity index (χ2n) is 2.97. The molecule has 0 radical (unpaired) electrons. The molecule has 1 heterocycles. The van der Waals surface area contributed by atoms with E-state index in [1.165, 1.54) is 0 Å². The SMILES string of the molecule is NCc1nc(-c2cc(Br)ccc2O)n[nH]1. The van der Waals surface area contributed by atoms with Crippen LogP contribution in [0.4, 0.5) is 0 Å². The van der Waals surface area contributed by atoms with Crippen molar-refractivity contribution >= 4 is 15.9 Å². The molecule has 0 aliphatic rings. The molecular formula is C9H9BrN4O. The summed E-state index contributed by atoms with van der Waals surface area (Å²) in [5, 5.41) is 16.3. The van der Waals surface area contributed by atoms with Gasteiger partial charge in [0.1, 0.15) is 11.6 Å². The maximum absolute atomic E-state index is 9.62. The highest BCUT2D eigenvalue weighted by molar-refractivity contribution is 9.10. The van der Waals surface area contributed by atoms with Crippen molar-refractivity contribution in [2.75, 3.05) is 0 Å². The van der Waals surface area contributed by atoms with E-state index in [9.17, 15) is 5.11 Å². The highest BCUT2D eigenvalue weighted by Gasteiger charge is 2.09. The minimum atomic E-state index is 0.140. The van der Waals surface area contributed by atoms with E-state index in [-0.39, 0.29) is 5.75 Å². The van der Waals surface area contributed by atoms with Crippen LogP contribution < -0.4 is 5.73 Å². The van der Waals surface area contributed by atoms with E-state index >= 15 is 0 Å². The van der Waals surface area contributed by atoms with Crippen LogP contribution in [-0.2, 0) is 6.54 Å². The van der Waals surface area contributed by atoms with Gasteiger partial charge in [-0.25, -0.2) is 4.98 Å². The summed E-state index contributed by atoms with van der Waals surface area (Å²) in [5.41, 5.74) is 5.97. The lowest BCUT2D eigenvalue weighted by atomic mass is 10.2. The molecule has 0 fully saturated rings. The Morgan fingerprint density at radius 3 is 2.93 bits per heavy atom. The Balaban J connectivity index is 2.48. The summed E-state index contributed by atoms with van der Waals surface area (Å²) in [4.78, 5) is 4.13. The fourth-order valence-electron chi connectivity index (χ4n) is 1.19. The van der Waals surface area contributed by atoms with Crippen LogP contribution in [0.3, 0.4) is 0 Å². The molecule has 6 heteroatoms. The standard InChI is InChI=1S/C9H9BrN4O/c10-5-1-2-7(15)6(3-5)9-12-8(4-11)13-14-9/h1-3,15H,4,11H2,(H,12,13,14). The van der Waals surface area contributed by atoms with Gasteiger partial charge in [-0.3, -0.25) is 5.10 Å². The van der Waals surface area contributed by atoms with Crippen molar-refractivity contribution in [1.82, 2.24) is 15.2 Å². The molecule has 0 aliphatic carbocycles. The molecule has 1 aromatic carbocycles. The molecule has 0 amide bonds. The average Bonchev–Trinajstić information content (AvgIpc) is 2.70. The van der Waals surface area contributed by atoms with E-state index in [4.69, 9.17) is 5.73 Å². The molecule has 0 saturated heterocycles. The molecule has 0 unspecified atom stereocenters. The third kappa shape index (κ3) is 2.00. The Hall–Kier alpha value is -1.40. The summed E-state index contributed by atoms with van der Waals surface area (Å²) in [6, 6.07) is 5.08. The average molecular weight is 269 g/mol. The van der Waals surface area contributed by atoms with Crippen LogP contribution >= 0.6 is 15.9 Å². The van der Waals surface area contributed by atoms with Crippen LogP contribution in [0, 0.1) is 0 Å². The number of aromatic nitrogens is 3. The molecular weight excluding hydrogens is 260 g/mol. The number of hydrogen-bond acceptors (Lipinski definition) is 4. The van der Waals surface area contributed by atoms with Crippen LogP contribution in [0.1, 0.15) is 5.82 Å². The van der Waals surface area contributed by atoms with Gasteiger partial charge in [-0.1, -0.05) is 15.9 Å². The number of halogens is 1. The van der Waals surface area contributed by atoms with Gasteiger partial charge >= 0.3 is 0 Å². The molecule has 0 atom stereocenters. The topological polar surface area (TPSA) is 87.8 Å². The van der Waals surface area contributed by atoms with Crippen LogP contribution in [-0.4, -0.2) is 20.3 Å². The molecule has 5 nitrogen and oxygen atoms in total. The van der Waals surface area contributed by atoms with Crippen molar-refractivity contribution in [2.45, 2.75) is 6.54 Å². The summed E-state index contributed by atoms with van der Waals surface area (Å²) < 4.78 is 0.856. The van der Waals surface area contributed by atoms with Gasteiger partial charge in [-0.15, -0.1) is 0 Å². The largest absolute Gasteiger partial charge is 0.507 e. The third-order valence-corrected chi connectivity index (χ3v) is 2.42. The molecule has 0 aliphatic heterocycles. The lowest BCUT2D eigenvalue weighted by Gasteiger charge is -1.99. The molecule has 4 N–H and O–H groups in total. The van der Waals surface area contributed by atoms with Gasteiger partial charge in [-0.2, -0.15) is 5.10 Å². The van der Waals surface area contributed by atoms with E-state index in [0.29, 0.717) is 23.8 Å². The normalized spacial score (nSPS) is 10.5. The monoisotopic (exact) mass is 268 g/mol. The van der Waals surface area contributed by atoms with E-state index in [1.54, 1.807) is 18.2 Å². The highest BCUT2D eigenvalue weighted by atomic mass is 79.9. The van der Waals surface area contributed by atoms with Crippen LogP contribution in [0.5, 0.6) is 5.75 Å². The predicted molar refractivity (Wildman–Crippen MR) is 59.1 cm³/mol. The first kappa shape index (κ1) is 10.1. The van der Waals surface area contributed by atoms with E-state index in [1.807, 2.05) is 0 Å². The number of nitrogens with two attached hydrogens (primary N) is 1. The predicted octanol–water partition coefficient (Wildman–Crippen LogP) is 1.40. The fraction of sp³-hybridized carbons (Fsp3) is 0.111. The minimum absolute atomic E-state index is 0.140. The number of phenols is 1. The molecule has 0 saturated carbocycles. The Morgan fingerprint density at radius 1 is 1.47 bits per heavy atom. The van der Waals surface area contributed by atoms with Crippen molar-refractivity contribution in [3.8, 4) is 17.1 Å². The van der Waals surface area contributed by atoms with Crippen molar-refractivity contribution in [1.29, 1.82) is 0 Å². The first-order valence-corrected chi connectivity index (χ1v) is 5.10. The number of benzene rings is 1. The molecule has 1 aromatic heterocycles. The van der Waals surface area contributed by atoms with E-state index in [0.717, 1.165) is 4.47 Å². The molecule has 2 rings (SSSR count). The molecule has 0 bridgehead atoms. The van der Waals surface area contributed by atoms with Gasteiger partial charge in [-0.05, 0) is 18.2 Å². The van der Waals surface area contributed by atoms with Crippen LogP contribution in [0.2, 0.25) is 0 Å². The van der Waals surface area contributed by atoms with Gasteiger partial charge in [0.2, 0.25) is 0 Å².